The summed E-state index contributed by atoms with van der Waals surface area (Å²) in [7, 11) is -2.51. The van der Waals surface area contributed by atoms with Crippen molar-refractivity contribution in [3.05, 3.63) is 90.0 Å². The molecule has 0 saturated carbocycles. The number of anilines is 1. The van der Waals surface area contributed by atoms with Crippen molar-refractivity contribution in [3.63, 3.8) is 0 Å². The van der Waals surface area contributed by atoms with Gasteiger partial charge in [0.05, 0.1) is 17.7 Å². The lowest BCUT2D eigenvalue weighted by molar-refractivity contribution is -0.140. The minimum Gasteiger partial charge on any atom is -0.497 e. The van der Waals surface area contributed by atoms with Gasteiger partial charge in [-0.1, -0.05) is 63.2 Å². The summed E-state index contributed by atoms with van der Waals surface area (Å²) in [5.41, 5.74) is 2.02. The van der Waals surface area contributed by atoms with Crippen LogP contribution in [0.5, 0.6) is 5.75 Å². The van der Waals surface area contributed by atoms with Crippen molar-refractivity contribution >= 4 is 27.5 Å². The minimum absolute atomic E-state index is 0.0766. The van der Waals surface area contributed by atoms with E-state index in [4.69, 9.17) is 4.74 Å². The maximum atomic E-state index is 14.1. The van der Waals surface area contributed by atoms with Gasteiger partial charge in [0, 0.05) is 13.1 Å². The molecule has 0 aliphatic carbocycles. The molecule has 214 valence electrons. The smallest absolute Gasteiger partial charge is 0.264 e. The first-order valence-electron chi connectivity index (χ1n) is 13.4. The monoisotopic (exact) mass is 565 g/mol. The Morgan fingerprint density at radius 1 is 0.950 bits per heavy atom. The molecule has 3 rings (SSSR count). The Balaban J connectivity index is 2.03. The number of carbonyl (C=O) groups is 2. The first-order chi connectivity index (χ1) is 19.1. The number of nitrogens with one attached hydrogen (secondary N) is 1. The van der Waals surface area contributed by atoms with E-state index in [0.29, 0.717) is 24.4 Å². The number of hydrogen-bond donors (Lipinski definition) is 1. The maximum absolute atomic E-state index is 14.1. The molecule has 0 aromatic heterocycles. The fraction of sp³-hybridized carbons (Fsp3) is 0.355. The van der Waals surface area contributed by atoms with Crippen LogP contribution in [0.3, 0.4) is 0 Å². The van der Waals surface area contributed by atoms with Crippen molar-refractivity contribution in [3.8, 4) is 5.75 Å². The predicted octanol–water partition coefficient (Wildman–Crippen LogP) is 4.78. The van der Waals surface area contributed by atoms with Crippen LogP contribution in [0.4, 0.5) is 5.69 Å². The number of amides is 2. The highest BCUT2D eigenvalue weighted by atomic mass is 32.2. The van der Waals surface area contributed by atoms with Crippen molar-refractivity contribution < 1.29 is 22.7 Å². The van der Waals surface area contributed by atoms with Crippen molar-refractivity contribution in [1.82, 2.24) is 10.2 Å². The van der Waals surface area contributed by atoms with E-state index in [1.54, 1.807) is 55.6 Å². The molecule has 1 N–H and O–H groups in total. The van der Waals surface area contributed by atoms with Crippen LogP contribution in [0, 0.1) is 12.8 Å². The zero-order valence-corrected chi connectivity index (χ0v) is 24.6. The summed E-state index contributed by atoms with van der Waals surface area (Å²) in [5, 5.41) is 2.94. The van der Waals surface area contributed by atoms with Gasteiger partial charge < -0.3 is 15.0 Å². The van der Waals surface area contributed by atoms with Gasteiger partial charge >= 0.3 is 0 Å². The molecule has 0 heterocycles. The summed E-state index contributed by atoms with van der Waals surface area (Å²) >= 11 is 0. The van der Waals surface area contributed by atoms with Crippen LogP contribution in [0.2, 0.25) is 0 Å². The topological polar surface area (TPSA) is 96.0 Å². The molecule has 0 fully saturated rings. The first-order valence-corrected chi connectivity index (χ1v) is 14.8. The zero-order chi connectivity index (χ0) is 29.3. The van der Waals surface area contributed by atoms with Crippen molar-refractivity contribution in [2.75, 3.05) is 24.5 Å². The second-order valence-corrected chi connectivity index (χ2v) is 12.0. The first kappa shape index (κ1) is 30.7. The Morgan fingerprint density at radius 2 is 1.62 bits per heavy atom. The summed E-state index contributed by atoms with van der Waals surface area (Å²) in [6.45, 7) is 7.82. The number of methoxy groups -OCH3 is 1. The van der Waals surface area contributed by atoms with Crippen LogP contribution in [0.15, 0.2) is 83.8 Å². The third-order valence-corrected chi connectivity index (χ3v) is 8.27. The average molecular weight is 566 g/mol. The Morgan fingerprint density at radius 3 is 2.20 bits per heavy atom. The van der Waals surface area contributed by atoms with E-state index in [-0.39, 0.29) is 23.3 Å². The standard InChI is InChI=1S/C31H39N3O5S/c1-6-29(31(36)32-20-23(2)3)33(21-25-15-17-27(39-5)18-16-25)30(35)22-34(26-12-10-11-24(4)19-26)40(37,38)28-13-8-7-9-14-28/h7-19,23,29H,6,20-22H2,1-5H3,(H,32,36)/t29-/m0/s1. The number of aryl methyl sites for hydroxylation is 1. The lowest BCUT2D eigenvalue weighted by Gasteiger charge is -2.33. The van der Waals surface area contributed by atoms with Gasteiger partial charge in [-0.3, -0.25) is 13.9 Å². The molecule has 0 saturated heterocycles. The molecule has 0 aliphatic heterocycles. The molecule has 0 spiro atoms. The summed E-state index contributed by atoms with van der Waals surface area (Å²) in [4.78, 5) is 28.9. The molecular formula is C31H39N3O5S. The van der Waals surface area contributed by atoms with E-state index in [9.17, 15) is 18.0 Å². The fourth-order valence-electron chi connectivity index (χ4n) is 4.30. The number of sulfonamides is 1. The Hall–Kier alpha value is -3.85. The molecule has 0 bridgehead atoms. The summed E-state index contributed by atoms with van der Waals surface area (Å²) in [6.07, 6.45) is 0.363. The minimum atomic E-state index is -4.09. The summed E-state index contributed by atoms with van der Waals surface area (Å²) < 4.78 is 34.1. The highest BCUT2D eigenvalue weighted by Gasteiger charge is 2.33. The largest absolute Gasteiger partial charge is 0.497 e. The molecular weight excluding hydrogens is 526 g/mol. The molecule has 8 nitrogen and oxygen atoms in total. The van der Waals surface area contributed by atoms with Crippen LogP contribution in [-0.2, 0) is 26.2 Å². The second-order valence-electron chi connectivity index (χ2n) is 10.1. The molecule has 0 unspecified atom stereocenters. The van der Waals surface area contributed by atoms with E-state index in [2.05, 4.69) is 5.32 Å². The average Bonchev–Trinajstić information content (AvgIpc) is 2.95. The molecule has 2 amide bonds. The lowest BCUT2D eigenvalue weighted by Crippen LogP contribution is -2.52. The number of carbonyl (C=O) groups excluding carboxylic acids is 2. The van der Waals surface area contributed by atoms with Gasteiger partial charge in [-0.05, 0) is 66.8 Å². The number of rotatable bonds is 13. The number of ether oxygens (including phenoxy) is 1. The second kappa shape index (κ2) is 14.0. The van der Waals surface area contributed by atoms with E-state index in [0.717, 1.165) is 15.4 Å². The van der Waals surface area contributed by atoms with Crippen molar-refractivity contribution in [2.24, 2.45) is 5.92 Å². The number of nitrogens with zero attached hydrogens (tertiary/aromatic N) is 2. The summed E-state index contributed by atoms with van der Waals surface area (Å²) in [6, 6.07) is 21.5. The van der Waals surface area contributed by atoms with Gasteiger partial charge in [0.25, 0.3) is 10.0 Å². The van der Waals surface area contributed by atoms with Crippen LogP contribution < -0.4 is 14.4 Å². The highest BCUT2D eigenvalue weighted by Crippen LogP contribution is 2.26. The quantitative estimate of drug-likeness (QED) is 0.322. The Kier molecular flexibility index (Phi) is 10.7. The van der Waals surface area contributed by atoms with Gasteiger partial charge in [0.1, 0.15) is 18.3 Å². The fourth-order valence-corrected chi connectivity index (χ4v) is 5.73. The van der Waals surface area contributed by atoms with Crippen LogP contribution in [-0.4, -0.2) is 51.4 Å². The SMILES string of the molecule is CC[C@@H](C(=O)NCC(C)C)N(Cc1ccc(OC)cc1)C(=O)CN(c1cccc(C)c1)S(=O)(=O)c1ccccc1. The lowest BCUT2D eigenvalue weighted by atomic mass is 10.1. The van der Waals surface area contributed by atoms with Gasteiger partial charge in [0.2, 0.25) is 11.8 Å². The van der Waals surface area contributed by atoms with Gasteiger partial charge in [0.15, 0.2) is 0 Å². The third-order valence-electron chi connectivity index (χ3n) is 6.48. The highest BCUT2D eigenvalue weighted by molar-refractivity contribution is 7.92. The Bertz CT molecular complexity index is 1380. The van der Waals surface area contributed by atoms with Crippen LogP contribution >= 0.6 is 0 Å². The van der Waals surface area contributed by atoms with Crippen molar-refractivity contribution in [1.29, 1.82) is 0 Å². The van der Waals surface area contributed by atoms with Gasteiger partial charge in [-0.15, -0.1) is 0 Å². The third kappa shape index (κ3) is 7.85. The van der Waals surface area contributed by atoms with E-state index in [1.807, 2.05) is 45.9 Å². The molecule has 1 atom stereocenters. The zero-order valence-electron chi connectivity index (χ0n) is 23.8. The van der Waals surface area contributed by atoms with E-state index in [1.165, 1.54) is 17.0 Å². The van der Waals surface area contributed by atoms with Crippen LogP contribution in [0.25, 0.3) is 0 Å². The van der Waals surface area contributed by atoms with Gasteiger partial charge in [-0.25, -0.2) is 8.42 Å². The predicted molar refractivity (Wildman–Crippen MR) is 158 cm³/mol. The molecule has 0 radical (unpaired) electrons. The number of hydrogen-bond acceptors (Lipinski definition) is 5. The summed E-state index contributed by atoms with van der Waals surface area (Å²) in [5.74, 6) is 0.150. The van der Waals surface area contributed by atoms with Crippen molar-refractivity contribution in [2.45, 2.75) is 51.6 Å². The number of benzene rings is 3. The Labute approximate surface area is 238 Å². The van der Waals surface area contributed by atoms with E-state index >= 15 is 0 Å². The van der Waals surface area contributed by atoms with Gasteiger partial charge in [-0.2, -0.15) is 0 Å². The molecule has 3 aromatic carbocycles. The normalized spacial score (nSPS) is 12.1. The van der Waals surface area contributed by atoms with Crippen LogP contribution in [0.1, 0.15) is 38.3 Å². The maximum Gasteiger partial charge on any atom is 0.264 e. The molecule has 3 aromatic rings. The molecule has 0 aliphatic rings. The molecule has 40 heavy (non-hydrogen) atoms. The van der Waals surface area contributed by atoms with E-state index < -0.39 is 28.5 Å². The molecule has 9 heteroatoms.